The molecule has 26 heavy (non-hydrogen) atoms. The number of halogens is 2. The Bertz CT molecular complexity index is 845. The molecule has 7 heteroatoms. The van der Waals surface area contributed by atoms with E-state index in [0.29, 0.717) is 11.1 Å². The molecule has 0 saturated heterocycles. The Morgan fingerprint density at radius 3 is 2.54 bits per heavy atom. The monoisotopic (exact) mass is 358 g/mol. The van der Waals surface area contributed by atoms with E-state index in [9.17, 15) is 18.4 Å². The van der Waals surface area contributed by atoms with Crippen molar-refractivity contribution in [2.75, 3.05) is 6.61 Å². The molecule has 1 atom stereocenters. The van der Waals surface area contributed by atoms with E-state index in [-0.39, 0.29) is 25.0 Å². The van der Waals surface area contributed by atoms with Crippen molar-refractivity contribution in [3.63, 3.8) is 0 Å². The van der Waals surface area contributed by atoms with Gasteiger partial charge in [0.2, 0.25) is 0 Å². The molecule has 0 bridgehead atoms. The number of ether oxygens (including phenoxy) is 1. The second-order valence-corrected chi connectivity index (χ2v) is 5.34. The Labute approximate surface area is 149 Å². The summed E-state index contributed by atoms with van der Waals surface area (Å²) in [6.07, 6.45) is -1.28. The lowest BCUT2D eigenvalue weighted by Gasteiger charge is -2.19. The van der Waals surface area contributed by atoms with Gasteiger partial charge in [-0.15, -0.1) is 0 Å². The van der Waals surface area contributed by atoms with Crippen LogP contribution in [0, 0.1) is 23.0 Å². The molecule has 0 unspecified atom stereocenters. The molecular formula is C19H16F2N2O3. The average molecular weight is 358 g/mol. The fourth-order valence-corrected chi connectivity index (χ4v) is 2.35. The van der Waals surface area contributed by atoms with Crippen LogP contribution in [0.25, 0.3) is 0 Å². The normalized spacial score (nSPS) is 11.5. The minimum atomic E-state index is -1.53. The third kappa shape index (κ3) is 4.29. The molecule has 0 aliphatic carbocycles. The van der Waals surface area contributed by atoms with Crippen LogP contribution in [-0.4, -0.2) is 18.8 Å². The molecule has 2 aromatic carbocycles. The molecule has 5 nitrogen and oxygen atoms in total. The minimum absolute atomic E-state index is 0.0408. The second kappa shape index (κ2) is 8.83. The molecule has 1 N–H and O–H groups in total. The number of benzene rings is 2. The Morgan fingerprint density at radius 2 is 1.96 bits per heavy atom. The molecule has 0 aliphatic heterocycles. The number of amides is 1. The molecule has 0 spiro atoms. The molecule has 2 aromatic rings. The van der Waals surface area contributed by atoms with Gasteiger partial charge in [-0.25, -0.2) is 8.78 Å². The zero-order chi connectivity index (χ0) is 19.1. The lowest BCUT2D eigenvalue weighted by Crippen LogP contribution is -2.32. The summed E-state index contributed by atoms with van der Waals surface area (Å²) >= 11 is 0. The van der Waals surface area contributed by atoms with Crippen LogP contribution in [-0.2, 0) is 16.1 Å². The predicted octanol–water partition coefficient (Wildman–Crippen LogP) is 3.04. The topological polar surface area (TPSA) is 79.2 Å². The number of rotatable bonds is 7. The summed E-state index contributed by atoms with van der Waals surface area (Å²) in [7, 11) is 0. The van der Waals surface area contributed by atoms with E-state index in [1.54, 1.807) is 31.2 Å². The maximum atomic E-state index is 14.4. The highest BCUT2D eigenvalue weighted by molar-refractivity contribution is 5.83. The average Bonchev–Trinajstić information content (AvgIpc) is 2.66. The number of hydrogen-bond donors (Lipinski definition) is 1. The molecular weight excluding hydrogens is 342 g/mol. The van der Waals surface area contributed by atoms with Gasteiger partial charge in [0.1, 0.15) is 11.6 Å². The van der Waals surface area contributed by atoms with Gasteiger partial charge in [-0.3, -0.25) is 9.59 Å². The number of carbonyl (C=O) groups excluding carboxylic acids is 2. The van der Waals surface area contributed by atoms with Gasteiger partial charge in [0.25, 0.3) is 5.91 Å². The van der Waals surface area contributed by atoms with Crippen LogP contribution >= 0.6 is 0 Å². The first-order valence-corrected chi connectivity index (χ1v) is 7.83. The lowest BCUT2D eigenvalue weighted by molar-refractivity contribution is -0.133. The fourth-order valence-electron chi connectivity index (χ4n) is 2.35. The summed E-state index contributed by atoms with van der Waals surface area (Å²) in [5.74, 6) is -2.83. The predicted molar refractivity (Wildman–Crippen MR) is 89.1 cm³/mol. The van der Waals surface area contributed by atoms with Crippen LogP contribution in [0.1, 0.15) is 40.1 Å². The standard InChI is InChI=1S/C19H16F2N2O3/c1-2-26-18(16-15(20)8-7-14(11-24)17(16)21)19(25)23-10-13-5-3-12(9-22)4-6-13/h3-8,11,18H,2,10H2,1H3,(H,23,25)/t18-/m0/s1. The Balaban J connectivity index is 2.22. The smallest absolute Gasteiger partial charge is 0.254 e. The molecule has 0 aliphatic rings. The van der Waals surface area contributed by atoms with E-state index < -0.39 is 29.2 Å². The highest BCUT2D eigenvalue weighted by Gasteiger charge is 2.29. The van der Waals surface area contributed by atoms with Gasteiger partial charge < -0.3 is 10.1 Å². The number of nitrogens with zero attached hydrogens (tertiary/aromatic N) is 1. The Hall–Kier alpha value is -3.11. The van der Waals surface area contributed by atoms with Gasteiger partial charge in [-0.2, -0.15) is 5.26 Å². The Kier molecular flexibility index (Phi) is 6.53. The highest BCUT2D eigenvalue weighted by Crippen LogP contribution is 2.26. The largest absolute Gasteiger partial charge is 0.364 e. The van der Waals surface area contributed by atoms with Crippen molar-refractivity contribution in [2.24, 2.45) is 0 Å². The van der Waals surface area contributed by atoms with Crippen LogP contribution in [0.5, 0.6) is 0 Å². The van der Waals surface area contributed by atoms with Gasteiger partial charge in [-0.05, 0) is 36.8 Å². The van der Waals surface area contributed by atoms with Gasteiger partial charge in [0, 0.05) is 13.2 Å². The maximum absolute atomic E-state index is 14.4. The Morgan fingerprint density at radius 1 is 1.27 bits per heavy atom. The van der Waals surface area contributed by atoms with Crippen LogP contribution in [0.4, 0.5) is 8.78 Å². The molecule has 0 radical (unpaired) electrons. The van der Waals surface area contributed by atoms with E-state index in [1.165, 1.54) is 0 Å². The fraction of sp³-hybridized carbons (Fsp3) is 0.211. The first-order chi connectivity index (χ1) is 12.5. The molecule has 2 rings (SSSR count). The van der Waals surface area contributed by atoms with Gasteiger partial charge in [-0.1, -0.05) is 12.1 Å². The first kappa shape index (κ1) is 19.2. The molecule has 0 heterocycles. The third-order valence-corrected chi connectivity index (χ3v) is 3.67. The van der Waals surface area contributed by atoms with Gasteiger partial charge in [0.15, 0.2) is 12.4 Å². The molecule has 1 amide bonds. The van der Waals surface area contributed by atoms with Crippen molar-refractivity contribution in [1.82, 2.24) is 5.32 Å². The van der Waals surface area contributed by atoms with Gasteiger partial charge in [0.05, 0.1) is 22.8 Å². The quantitative estimate of drug-likeness (QED) is 0.772. The van der Waals surface area contributed by atoms with Gasteiger partial charge >= 0.3 is 0 Å². The van der Waals surface area contributed by atoms with Crippen LogP contribution < -0.4 is 5.32 Å². The van der Waals surface area contributed by atoms with Crippen molar-refractivity contribution < 1.29 is 23.1 Å². The van der Waals surface area contributed by atoms with E-state index in [0.717, 1.165) is 12.1 Å². The first-order valence-electron chi connectivity index (χ1n) is 7.83. The van der Waals surface area contributed by atoms with Crippen LogP contribution in [0.3, 0.4) is 0 Å². The number of nitriles is 1. The summed E-state index contributed by atoms with van der Waals surface area (Å²) in [5.41, 5.74) is 0.219. The highest BCUT2D eigenvalue weighted by atomic mass is 19.1. The summed E-state index contributed by atoms with van der Waals surface area (Å²) in [5, 5.41) is 11.3. The van der Waals surface area contributed by atoms with Crippen molar-refractivity contribution in [2.45, 2.75) is 19.6 Å². The van der Waals surface area contributed by atoms with Crippen LogP contribution in [0.2, 0.25) is 0 Å². The van der Waals surface area contributed by atoms with Crippen molar-refractivity contribution in [1.29, 1.82) is 5.26 Å². The third-order valence-electron chi connectivity index (χ3n) is 3.67. The van der Waals surface area contributed by atoms with E-state index >= 15 is 0 Å². The van der Waals surface area contributed by atoms with E-state index in [1.807, 2.05) is 6.07 Å². The number of nitrogens with one attached hydrogen (secondary N) is 1. The number of carbonyl (C=O) groups is 2. The maximum Gasteiger partial charge on any atom is 0.254 e. The van der Waals surface area contributed by atoms with Crippen LogP contribution in [0.15, 0.2) is 36.4 Å². The molecule has 0 saturated carbocycles. The number of aldehydes is 1. The van der Waals surface area contributed by atoms with E-state index in [4.69, 9.17) is 10.00 Å². The van der Waals surface area contributed by atoms with Crippen molar-refractivity contribution in [3.05, 3.63) is 70.3 Å². The lowest BCUT2D eigenvalue weighted by atomic mass is 10.0. The number of hydrogen-bond acceptors (Lipinski definition) is 4. The zero-order valence-corrected chi connectivity index (χ0v) is 14.0. The molecule has 0 aromatic heterocycles. The minimum Gasteiger partial charge on any atom is -0.364 e. The second-order valence-electron chi connectivity index (χ2n) is 5.34. The van der Waals surface area contributed by atoms with Crippen molar-refractivity contribution in [3.8, 4) is 6.07 Å². The summed E-state index contributed by atoms with van der Waals surface area (Å²) < 4.78 is 33.7. The molecule has 134 valence electrons. The molecule has 0 fully saturated rings. The van der Waals surface area contributed by atoms with E-state index in [2.05, 4.69) is 5.32 Å². The summed E-state index contributed by atoms with van der Waals surface area (Å²) in [6.45, 7) is 1.71. The zero-order valence-electron chi connectivity index (χ0n) is 14.0. The summed E-state index contributed by atoms with van der Waals surface area (Å²) in [4.78, 5) is 23.3. The van der Waals surface area contributed by atoms with Crippen molar-refractivity contribution >= 4 is 12.2 Å². The summed E-state index contributed by atoms with van der Waals surface area (Å²) in [6, 6.07) is 10.4. The SMILES string of the molecule is CCO[C@H](C(=O)NCc1ccc(C#N)cc1)c1c(F)ccc(C=O)c1F.